The predicted octanol–water partition coefficient (Wildman–Crippen LogP) is 5.26. The molecule has 0 spiro atoms. The van der Waals surface area contributed by atoms with Crippen LogP contribution in [0.3, 0.4) is 0 Å². The second-order valence-electron chi connectivity index (χ2n) is 9.08. The molecule has 1 N–H and O–H groups in total. The first-order valence-electron chi connectivity index (χ1n) is 10.9. The molecule has 32 heavy (non-hydrogen) atoms. The first-order chi connectivity index (χ1) is 15.3. The zero-order chi connectivity index (χ0) is 22.7. The molecule has 5 nitrogen and oxygen atoms in total. The maximum atomic E-state index is 12.9. The first kappa shape index (κ1) is 22.1. The molecule has 3 aromatic rings. The lowest BCUT2D eigenvalue weighted by Crippen LogP contribution is -2.48. The third-order valence-electron chi connectivity index (χ3n) is 5.80. The summed E-state index contributed by atoms with van der Waals surface area (Å²) in [6, 6.07) is 19.6. The summed E-state index contributed by atoms with van der Waals surface area (Å²) in [6.07, 6.45) is 0. The zero-order valence-electron chi connectivity index (χ0n) is 18.8. The molecule has 1 aliphatic heterocycles. The molecule has 1 saturated heterocycles. The number of anilines is 2. The number of amides is 2. The number of hydrogen-bond acceptors (Lipinski definition) is 4. The van der Waals surface area contributed by atoms with E-state index in [2.05, 4.69) is 43.1 Å². The van der Waals surface area contributed by atoms with Crippen LogP contribution in [0.25, 0.3) is 0 Å². The number of rotatable bonds is 4. The van der Waals surface area contributed by atoms with Crippen LogP contribution < -0.4 is 10.2 Å². The Bertz CT molecular complexity index is 1060. The normalized spacial score (nSPS) is 14.3. The smallest absolute Gasteiger partial charge is 0.265 e. The SMILES string of the molecule is CC(C)(C)c1ccc(C(=O)N2CCN(c3ccc(NC(=O)c4cccs4)cc3)CC2)cc1. The minimum absolute atomic E-state index is 0.0789. The molecule has 4 rings (SSSR count). The average Bonchev–Trinajstić information content (AvgIpc) is 3.34. The van der Waals surface area contributed by atoms with Gasteiger partial charge in [0.05, 0.1) is 4.88 Å². The molecule has 6 heteroatoms. The highest BCUT2D eigenvalue weighted by atomic mass is 32.1. The van der Waals surface area contributed by atoms with Crippen molar-refractivity contribution in [2.24, 2.45) is 0 Å². The van der Waals surface area contributed by atoms with E-state index in [9.17, 15) is 9.59 Å². The number of thiophene rings is 1. The van der Waals surface area contributed by atoms with Crippen molar-refractivity contribution >= 4 is 34.5 Å². The van der Waals surface area contributed by atoms with Crippen LogP contribution in [-0.4, -0.2) is 42.9 Å². The van der Waals surface area contributed by atoms with E-state index in [1.54, 1.807) is 0 Å². The minimum Gasteiger partial charge on any atom is -0.368 e. The van der Waals surface area contributed by atoms with Gasteiger partial charge in [0.15, 0.2) is 0 Å². The van der Waals surface area contributed by atoms with Crippen molar-refractivity contribution in [1.29, 1.82) is 0 Å². The summed E-state index contributed by atoms with van der Waals surface area (Å²) in [5, 5.41) is 4.82. The lowest BCUT2D eigenvalue weighted by molar-refractivity contribution is 0.0746. The fourth-order valence-corrected chi connectivity index (χ4v) is 4.44. The van der Waals surface area contributed by atoms with E-state index in [1.165, 1.54) is 16.9 Å². The molecular formula is C26H29N3O2S. The molecule has 0 saturated carbocycles. The van der Waals surface area contributed by atoms with Gasteiger partial charge in [-0.05, 0) is 58.8 Å². The maximum absolute atomic E-state index is 12.9. The molecule has 2 amide bonds. The molecule has 1 fully saturated rings. The Balaban J connectivity index is 1.32. The van der Waals surface area contributed by atoms with Gasteiger partial charge in [0, 0.05) is 43.1 Å². The van der Waals surface area contributed by atoms with Gasteiger partial charge in [0.1, 0.15) is 0 Å². The van der Waals surface area contributed by atoms with Gasteiger partial charge in [-0.3, -0.25) is 9.59 Å². The molecule has 2 heterocycles. The van der Waals surface area contributed by atoms with Crippen LogP contribution in [0.15, 0.2) is 66.0 Å². The topological polar surface area (TPSA) is 52.7 Å². The average molecular weight is 448 g/mol. The summed E-state index contributed by atoms with van der Waals surface area (Å²) in [7, 11) is 0. The molecule has 2 aromatic carbocycles. The monoisotopic (exact) mass is 447 g/mol. The van der Waals surface area contributed by atoms with Gasteiger partial charge in [0.2, 0.25) is 0 Å². The van der Waals surface area contributed by atoms with Crippen molar-refractivity contribution < 1.29 is 9.59 Å². The quantitative estimate of drug-likeness (QED) is 0.594. The highest BCUT2D eigenvalue weighted by molar-refractivity contribution is 7.12. The number of carbonyl (C=O) groups is 2. The summed E-state index contributed by atoms with van der Waals surface area (Å²) in [6.45, 7) is 9.47. The zero-order valence-corrected chi connectivity index (χ0v) is 19.6. The van der Waals surface area contributed by atoms with E-state index in [1.807, 2.05) is 58.8 Å². The maximum Gasteiger partial charge on any atom is 0.265 e. The van der Waals surface area contributed by atoms with Crippen LogP contribution >= 0.6 is 11.3 Å². The van der Waals surface area contributed by atoms with Crippen LogP contribution in [0, 0.1) is 0 Å². The summed E-state index contributed by atoms with van der Waals surface area (Å²) in [5.41, 5.74) is 3.93. The third-order valence-corrected chi connectivity index (χ3v) is 6.67. The summed E-state index contributed by atoms with van der Waals surface area (Å²) < 4.78 is 0. The summed E-state index contributed by atoms with van der Waals surface area (Å²) in [5.74, 6) is 0.00663. The van der Waals surface area contributed by atoms with Crippen LogP contribution in [-0.2, 0) is 5.41 Å². The Morgan fingerprint density at radius 2 is 1.53 bits per heavy atom. The molecule has 0 radical (unpaired) electrons. The highest BCUT2D eigenvalue weighted by Crippen LogP contribution is 2.24. The number of carbonyl (C=O) groups excluding carboxylic acids is 2. The van der Waals surface area contributed by atoms with E-state index in [4.69, 9.17) is 0 Å². The second kappa shape index (κ2) is 9.17. The van der Waals surface area contributed by atoms with Gasteiger partial charge in [-0.2, -0.15) is 0 Å². The van der Waals surface area contributed by atoms with E-state index in [0.717, 1.165) is 30.0 Å². The van der Waals surface area contributed by atoms with Crippen LogP contribution in [0.4, 0.5) is 11.4 Å². The Hall–Kier alpha value is -3.12. The van der Waals surface area contributed by atoms with Crippen molar-refractivity contribution in [2.45, 2.75) is 26.2 Å². The van der Waals surface area contributed by atoms with Crippen LogP contribution in [0.1, 0.15) is 46.4 Å². The van der Waals surface area contributed by atoms with Crippen LogP contribution in [0.5, 0.6) is 0 Å². The summed E-state index contributed by atoms with van der Waals surface area (Å²) >= 11 is 1.43. The number of piperazine rings is 1. The molecular weight excluding hydrogens is 418 g/mol. The molecule has 1 aliphatic rings. The Morgan fingerprint density at radius 1 is 0.875 bits per heavy atom. The van der Waals surface area contributed by atoms with Gasteiger partial charge >= 0.3 is 0 Å². The second-order valence-corrected chi connectivity index (χ2v) is 10.0. The van der Waals surface area contributed by atoms with Crippen molar-refractivity contribution in [2.75, 3.05) is 36.4 Å². The fourth-order valence-electron chi connectivity index (χ4n) is 3.82. The Morgan fingerprint density at radius 3 is 2.09 bits per heavy atom. The molecule has 166 valence electrons. The number of hydrogen-bond donors (Lipinski definition) is 1. The lowest BCUT2D eigenvalue weighted by Gasteiger charge is -2.36. The molecule has 0 aliphatic carbocycles. The van der Waals surface area contributed by atoms with E-state index in [-0.39, 0.29) is 17.2 Å². The molecule has 1 aromatic heterocycles. The Labute approximate surface area is 193 Å². The standard InChI is InChI=1S/C26H29N3O2S/c1-26(2,3)20-8-6-19(7-9-20)25(31)29-16-14-28(15-17-29)22-12-10-21(11-13-22)27-24(30)23-5-4-18-32-23/h4-13,18H,14-17H2,1-3H3,(H,27,30). The third kappa shape index (κ3) is 5.02. The van der Waals surface area contributed by atoms with Crippen molar-refractivity contribution in [1.82, 2.24) is 4.90 Å². The van der Waals surface area contributed by atoms with Crippen molar-refractivity contribution in [3.8, 4) is 0 Å². The van der Waals surface area contributed by atoms with Crippen molar-refractivity contribution in [3.63, 3.8) is 0 Å². The van der Waals surface area contributed by atoms with Gasteiger partial charge in [-0.1, -0.05) is 39.0 Å². The van der Waals surface area contributed by atoms with Gasteiger partial charge in [0.25, 0.3) is 11.8 Å². The van der Waals surface area contributed by atoms with Gasteiger partial charge in [-0.25, -0.2) is 0 Å². The summed E-state index contributed by atoms with van der Waals surface area (Å²) in [4.78, 5) is 30.0. The number of nitrogens with one attached hydrogen (secondary N) is 1. The van der Waals surface area contributed by atoms with Gasteiger partial charge in [-0.15, -0.1) is 11.3 Å². The van der Waals surface area contributed by atoms with Crippen LogP contribution in [0.2, 0.25) is 0 Å². The molecule has 0 unspecified atom stereocenters. The Kier molecular flexibility index (Phi) is 6.33. The van der Waals surface area contributed by atoms with E-state index >= 15 is 0 Å². The predicted molar refractivity (Wildman–Crippen MR) is 132 cm³/mol. The number of benzene rings is 2. The largest absolute Gasteiger partial charge is 0.368 e. The lowest BCUT2D eigenvalue weighted by atomic mass is 9.86. The van der Waals surface area contributed by atoms with Gasteiger partial charge < -0.3 is 15.1 Å². The van der Waals surface area contributed by atoms with E-state index < -0.39 is 0 Å². The molecule has 0 atom stereocenters. The fraction of sp³-hybridized carbons (Fsp3) is 0.308. The van der Waals surface area contributed by atoms with Crippen molar-refractivity contribution in [3.05, 3.63) is 82.0 Å². The highest BCUT2D eigenvalue weighted by Gasteiger charge is 2.23. The minimum atomic E-state index is -0.0876. The van der Waals surface area contributed by atoms with E-state index in [0.29, 0.717) is 18.0 Å². The number of nitrogens with zero attached hydrogens (tertiary/aromatic N) is 2. The first-order valence-corrected chi connectivity index (χ1v) is 11.8. The molecule has 0 bridgehead atoms.